The zero-order valence-electron chi connectivity index (χ0n) is 22.1. The molecule has 2 aromatic rings. The topological polar surface area (TPSA) is 53.8 Å². The second kappa shape index (κ2) is 10.3. The molecule has 0 spiro atoms. The first kappa shape index (κ1) is 26.7. The SMILES string of the molecule is COc1c(Br)cc(C)c(C23CCN(CCn4cc(C)cn4)CCC2(O)C(C)N(CC2CC2)CC3)c1Br. The smallest absolute Gasteiger partial charge is 0.147 e. The van der Waals surface area contributed by atoms with Crippen molar-refractivity contribution in [1.29, 1.82) is 0 Å². The second-order valence-corrected chi connectivity index (χ2v) is 13.0. The number of nitrogens with zero attached hydrogens (tertiary/aromatic N) is 4. The number of aromatic nitrogens is 2. The number of benzene rings is 1. The zero-order chi connectivity index (χ0) is 25.7. The Kier molecular flexibility index (Phi) is 7.65. The van der Waals surface area contributed by atoms with Gasteiger partial charge in [0.2, 0.25) is 0 Å². The number of rotatable bonds is 7. The van der Waals surface area contributed by atoms with Gasteiger partial charge in [-0.2, -0.15) is 5.10 Å². The Bertz CT molecular complexity index is 1100. The number of ether oxygens (including phenoxy) is 1. The number of hydrogen-bond acceptors (Lipinski definition) is 5. The number of fused-ring (bicyclic) bond motifs is 1. The van der Waals surface area contributed by atoms with E-state index in [1.54, 1.807) is 7.11 Å². The van der Waals surface area contributed by atoms with E-state index in [1.807, 2.05) is 10.9 Å². The first-order chi connectivity index (χ1) is 17.2. The summed E-state index contributed by atoms with van der Waals surface area (Å²) in [6.45, 7) is 12.4. The quantitative estimate of drug-likeness (QED) is 0.454. The molecule has 5 rings (SSSR count). The predicted octanol–water partition coefficient (Wildman–Crippen LogP) is 5.30. The number of aryl methyl sites for hydroxylation is 2. The molecule has 6 nitrogen and oxygen atoms in total. The fourth-order valence-corrected chi connectivity index (χ4v) is 8.96. The lowest BCUT2D eigenvalue weighted by atomic mass is 9.57. The minimum atomic E-state index is -0.830. The molecule has 0 radical (unpaired) electrons. The van der Waals surface area contributed by atoms with E-state index in [-0.39, 0.29) is 11.5 Å². The van der Waals surface area contributed by atoms with Crippen LogP contribution >= 0.6 is 31.9 Å². The minimum Gasteiger partial charge on any atom is -0.494 e. The summed E-state index contributed by atoms with van der Waals surface area (Å²) < 4.78 is 9.79. The van der Waals surface area contributed by atoms with Crippen LogP contribution in [0.4, 0.5) is 0 Å². The van der Waals surface area contributed by atoms with Crippen LogP contribution in [0.2, 0.25) is 0 Å². The van der Waals surface area contributed by atoms with E-state index >= 15 is 0 Å². The first-order valence-electron chi connectivity index (χ1n) is 13.4. The monoisotopic (exact) mass is 622 g/mol. The van der Waals surface area contributed by atoms with Gasteiger partial charge in [-0.25, -0.2) is 0 Å². The van der Waals surface area contributed by atoms with Gasteiger partial charge in [0.1, 0.15) is 5.75 Å². The molecular formula is C28H40Br2N4O2. The van der Waals surface area contributed by atoms with Crippen molar-refractivity contribution in [2.24, 2.45) is 5.92 Å². The maximum atomic E-state index is 12.9. The van der Waals surface area contributed by atoms with Gasteiger partial charge in [-0.15, -0.1) is 0 Å². The molecular weight excluding hydrogens is 584 g/mol. The van der Waals surface area contributed by atoms with Crippen molar-refractivity contribution in [3.05, 3.63) is 44.1 Å². The van der Waals surface area contributed by atoms with Crippen molar-refractivity contribution in [2.45, 2.75) is 76.5 Å². The highest BCUT2D eigenvalue weighted by Crippen LogP contribution is 2.56. The fourth-order valence-electron chi connectivity index (χ4n) is 6.92. The van der Waals surface area contributed by atoms with Gasteiger partial charge in [0.05, 0.1) is 34.4 Å². The largest absolute Gasteiger partial charge is 0.494 e. The Hall–Kier alpha value is -0.930. The van der Waals surface area contributed by atoms with E-state index in [0.29, 0.717) is 0 Å². The molecule has 3 unspecified atom stereocenters. The summed E-state index contributed by atoms with van der Waals surface area (Å²) in [6.07, 6.45) is 9.34. The Balaban J connectivity index is 1.51. The molecule has 36 heavy (non-hydrogen) atoms. The van der Waals surface area contributed by atoms with E-state index in [0.717, 1.165) is 79.1 Å². The van der Waals surface area contributed by atoms with Crippen molar-refractivity contribution >= 4 is 31.9 Å². The van der Waals surface area contributed by atoms with Crippen LogP contribution in [0, 0.1) is 19.8 Å². The summed E-state index contributed by atoms with van der Waals surface area (Å²) in [5, 5.41) is 17.4. The van der Waals surface area contributed by atoms with Gasteiger partial charge in [0, 0.05) is 37.3 Å². The lowest BCUT2D eigenvalue weighted by Crippen LogP contribution is -2.68. The van der Waals surface area contributed by atoms with E-state index in [1.165, 1.54) is 29.5 Å². The summed E-state index contributed by atoms with van der Waals surface area (Å²) in [5.41, 5.74) is 2.45. The van der Waals surface area contributed by atoms with Gasteiger partial charge >= 0.3 is 0 Å². The molecule has 3 aliphatic rings. The molecule has 3 atom stereocenters. The Morgan fingerprint density at radius 1 is 1.11 bits per heavy atom. The van der Waals surface area contributed by atoms with Crippen molar-refractivity contribution in [2.75, 3.05) is 39.8 Å². The maximum Gasteiger partial charge on any atom is 0.147 e. The minimum absolute atomic E-state index is 0.0986. The number of likely N-dealkylation sites (tertiary alicyclic amines) is 2. The van der Waals surface area contributed by atoms with Crippen LogP contribution < -0.4 is 4.74 Å². The zero-order valence-corrected chi connectivity index (χ0v) is 25.2. The third-order valence-electron chi connectivity index (χ3n) is 9.21. The average Bonchev–Trinajstić information content (AvgIpc) is 3.58. The van der Waals surface area contributed by atoms with Gasteiger partial charge in [0.15, 0.2) is 0 Å². The first-order valence-corrected chi connectivity index (χ1v) is 15.0. The number of piperidine rings is 1. The van der Waals surface area contributed by atoms with Crippen LogP contribution in [-0.2, 0) is 12.0 Å². The lowest BCUT2D eigenvalue weighted by Gasteiger charge is -2.58. The molecule has 2 aliphatic heterocycles. The van der Waals surface area contributed by atoms with Gasteiger partial charge in [-0.1, -0.05) is 0 Å². The van der Waals surface area contributed by atoms with Crippen LogP contribution in [0.1, 0.15) is 55.7 Å². The Labute approximate surface area is 232 Å². The number of aliphatic hydroxyl groups is 1. The van der Waals surface area contributed by atoms with Gasteiger partial charge < -0.3 is 14.7 Å². The van der Waals surface area contributed by atoms with Crippen molar-refractivity contribution in [3.63, 3.8) is 0 Å². The maximum absolute atomic E-state index is 12.9. The van der Waals surface area contributed by atoms with Gasteiger partial charge in [0.25, 0.3) is 0 Å². The van der Waals surface area contributed by atoms with E-state index in [9.17, 15) is 5.11 Å². The molecule has 0 amide bonds. The van der Waals surface area contributed by atoms with Crippen LogP contribution in [0.5, 0.6) is 5.75 Å². The third-order valence-corrected chi connectivity index (χ3v) is 10.6. The summed E-state index contributed by atoms with van der Waals surface area (Å²) in [4.78, 5) is 5.11. The molecule has 1 aliphatic carbocycles. The molecule has 8 heteroatoms. The summed E-state index contributed by atoms with van der Waals surface area (Å²) in [5.74, 6) is 1.63. The molecule has 3 fully saturated rings. The van der Waals surface area contributed by atoms with E-state index in [4.69, 9.17) is 4.74 Å². The highest BCUT2D eigenvalue weighted by atomic mass is 79.9. The summed E-state index contributed by atoms with van der Waals surface area (Å²) >= 11 is 7.64. The molecule has 2 saturated heterocycles. The standard InChI is InChI=1S/C28H40Br2N4O2/c1-19-16-31-34(17-19)14-13-32-10-7-27(24-20(2)15-23(29)26(36-4)25(24)30)8-12-33(18-22-5-6-22)21(3)28(27,35)9-11-32/h15-17,21-22,35H,5-14,18H2,1-4H3. The van der Waals surface area contributed by atoms with Crippen LogP contribution in [-0.4, -0.2) is 76.2 Å². The molecule has 198 valence electrons. The summed E-state index contributed by atoms with van der Waals surface area (Å²) in [7, 11) is 1.72. The molecule has 1 aromatic carbocycles. The lowest BCUT2D eigenvalue weighted by molar-refractivity contribution is -0.136. The Morgan fingerprint density at radius 3 is 2.50 bits per heavy atom. The molecule has 1 N–H and O–H groups in total. The normalized spacial score (nSPS) is 29.7. The van der Waals surface area contributed by atoms with Crippen molar-refractivity contribution in [1.82, 2.24) is 19.6 Å². The predicted molar refractivity (Wildman–Crippen MR) is 151 cm³/mol. The van der Waals surface area contributed by atoms with Crippen LogP contribution in [0.15, 0.2) is 27.4 Å². The molecule has 1 saturated carbocycles. The summed E-state index contributed by atoms with van der Waals surface area (Å²) in [6, 6.07) is 2.26. The number of halogens is 2. The van der Waals surface area contributed by atoms with Crippen molar-refractivity contribution in [3.8, 4) is 5.75 Å². The fraction of sp³-hybridized carbons (Fsp3) is 0.679. The van der Waals surface area contributed by atoms with E-state index < -0.39 is 5.60 Å². The van der Waals surface area contributed by atoms with Crippen LogP contribution in [0.3, 0.4) is 0 Å². The van der Waals surface area contributed by atoms with Gasteiger partial charge in [-0.3, -0.25) is 9.58 Å². The van der Waals surface area contributed by atoms with E-state index in [2.05, 4.69) is 79.8 Å². The van der Waals surface area contributed by atoms with Crippen molar-refractivity contribution < 1.29 is 9.84 Å². The molecule has 0 bridgehead atoms. The molecule has 3 heterocycles. The van der Waals surface area contributed by atoms with Gasteiger partial charge in [-0.05, 0) is 126 Å². The Morgan fingerprint density at radius 2 is 1.83 bits per heavy atom. The highest BCUT2D eigenvalue weighted by molar-refractivity contribution is 9.11. The second-order valence-electron chi connectivity index (χ2n) is 11.4. The number of hydrogen-bond donors (Lipinski definition) is 1. The highest BCUT2D eigenvalue weighted by Gasteiger charge is 2.60. The number of methoxy groups -OCH3 is 1. The average molecular weight is 624 g/mol. The van der Waals surface area contributed by atoms with Crippen LogP contribution in [0.25, 0.3) is 0 Å². The third kappa shape index (κ3) is 4.70. The molecule has 1 aromatic heterocycles.